The Morgan fingerprint density at radius 1 is 1.50 bits per heavy atom. The third-order valence-electron chi connectivity index (χ3n) is 2.46. The number of aromatic nitrogens is 4. The van der Waals surface area contributed by atoms with Gasteiger partial charge in [0.2, 0.25) is 0 Å². The molecule has 0 saturated heterocycles. The van der Waals surface area contributed by atoms with E-state index >= 15 is 0 Å². The maximum Gasteiger partial charge on any atom is 0.172 e. The SMILES string of the molecule is Cc1ccncc1C(=O)Cc1ncnn1C. The van der Waals surface area contributed by atoms with Crippen LogP contribution in [0.3, 0.4) is 0 Å². The van der Waals surface area contributed by atoms with Crippen molar-refractivity contribution in [2.45, 2.75) is 13.3 Å². The van der Waals surface area contributed by atoms with E-state index in [1.165, 1.54) is 6.33 Å². The summed E-state index contributed by atoms with van der Waals surface area (Å²) < 4.78 is 1.60. The molecule has 16 heavy (non-hydrogen) atoms. The summed E-state index contributed by atoms with van der Waals surface area (Å²) in [4.78, 5) is 19.9. The van der Waals surface area contributed by atoms with Gasteiger partial charge in [0.25, 0.3) is 0 Å². The van der Waals surface area contributed by atoms with Gasteiger partial charge in [-0.3, -0.25) is 14.5 Å². The number of Topliss-reactive ketones (excluding diaryl/α,β-unsaturated/α-hetero) is 1. The topological polar surface area (TPSA) is 60.7 Å². The van der Waals surface area contributed by atoms with Crippen LogP contribution in [0.5, 0.6) is 0 Å². The maximum atomic E-state index is 12.0. The van der Waals surface area contributed by atoms with Gasteiger partial charge in [-0.05, 0) is 18.6 Å². The van der Waals surface area contributed by atoms with E-state index in [1.54, 1.807) is 24.1 Å². The minimum absolute atomic E-state index is 0.0155. The summed E-state index contributed by atoms with van der Waals surface area (Å²) >= 11 is 0. The molecule has 0 atom stereocenters. The van der Waals surface area contributed by atoms with E-state index in [1.807, 2.05) is 13.0 Å². The molecule has 0 fully saturated rings. The normalized spacial score (nSPS) is 10.4. The molecule has 5 nitrogen and oxygen atoms in total. The molecule has 5 heteroatoms. The Morgan fingerprint density at radius 2 is 2.31 bits per heavy atom. The lowest BCUT2D eigenvalue weighted by molar-refractivity contribution is 0.0988. The summed E-state index contributed by atoms with van der Waals surface area (Å²) in [5.74, 6) is 0.676. The molecular formula is C11H12N4O. The third-order valence-corrected chi connectivity index (χ3v) is 2.46. The number of aryl methyl sites for hydroxylation is 2. The number of hydrogen-bond acceptors (Lipinski definition) is 4. The average molecular weight is 216 g/mol. The Balaban J connectivity index is 2.22. The van der Waals surface area contributed by atoms with Gasteiger partial charge in [-0.1, -0.05) is 0 Å². The Labute approximate surface area is 93.2 Å². The van der Waals surface area contributed by atoms with E-state index in [0.29, 0.717) is 11.4 Å². The van der Waals surface area contributed by atoms with Crippen LogP contribution in [0.2, 0.25) is 0 Å². The smallest absolute Gasteiger partial charge is 0.172 e. The standard InChI is InChI=1S/C11H12N4O/c1-8-3-4-12-6-9(8)10(16)5-11-13-7-14-15(11)2/h3-4,6-7H,5H2,1-2H3. The lowest BCUT2D eigenvalue weighted by atomic mass is 10.1. The Kier molecular flexibility index (Phi) is 2.76. The number of nitrogens with zero attached hydrogens (tertiary/aromatic N) is 4. The van der Waals surface area contributed by atoms with Crippen LogP contribution in [0.15, 0.2) is 24.8 Å². The first-order chi connectivity index (χ1) is 7.68. The highest BCUT2D eigenvalue weighted by atomic mass is 16.1. The molecule has 0 unspecified atom stereocenters. The van der Waals surface area contributed by atoms with Gasteiger partial charge in [-0.25, -0.2) is 4.98 Å². The van der Waals surface area contributed by atoms with E-state index in [-0.39, 0.29) is 12.2 Å². The predicted octanol–water partition coefficient (Wildman–Crippen LogP) is 0.944. The second kappa shape index (κ2) is 4.22. The lowest BCUT2D eigenvalue weighted by Gasteiger charge is -2.03. The van der Waals surface area contributed by atoms with Gasteiger partial charge in [0.1, 0.15) is 12.2 Å². The first-order valence-electron chi connectivity index (χ1n) is 4.95. The number of hydrogen-bond donors (Lipinski definition) is 0. The summed E-state index contributed by atoms with van der Waals surface area (Å²) in [6.45, 7) is 1.89. The van der Waals surface area contributed by atoms with Crippen molar-refractivity contribution in [3.63, 3.8) is 0 Å². The molecule has 0 aliphatic heterocycles. The van der Waals surface area contributed by atoms with E-state index in [2.05, 4.69) is 15.1 Å². The fourth-order valence-electron chi connectivity index (χ4n) is 1.47. The van der Waals surface area contributed by atoms with Gasteiger partial charge in [-0.15, -0.1) is 0 Å². The molecule has 0 saturated carbocycles. The summed E-state index contributed by atoms with van der Waals surface area (Å²) in [6.07, 6.45) is 4.96. The molecule has 0 bridgehead atoms. The minimum atomic E-state index is 0.0155. The van der Waals surface area contributed by atoms with E-state index in [4.69, 9.17) is 0 Å². The van der Waals surface area contributed by atoms with Crippen molar-refractivity contribution >= 4 is 5.78 Å². The molecule has 0 aliphatic rings. The van der Waals surface area contributed by atoms with Gasteiger partial charge >= 0.3 is 0 Å². The molecule has 0 aromatic carbocycles. The number of pyridine rings is 1. The Hall–Kier alpha value is -2.04. The van der Waals surface area contributed by atoms with Crippen molar-refractivity contribution < 1.29 is 4.79 Å². The summed E-state index contributed by atoms with van der Waals surface area (Å²) in [7, 11) is 1.77. The molecule has 0 radical (unpaired) electrons. The van der Waals surface area contributed by atoms with Gasteiger partial charge < -0.3 is 0 Å². The Bertz CT molecular complexity index is 518. The van der Waals surface area contributed by atoms with E-state index in [9.17, 15) is 4.79 Å². The fraction of sp³-hybridized carbons (Fsp3) is 0.273. The van der Waals surface area contributed by atoms with Crippen molar-refractivity contribution in [1.29, 1.82) is 0 Å². The molecule has 2 aromatic rings. The van der Waals surface area contributed by atoms with Crippen LogP contribution in [0, 0.1) is 6.92 Å². The number of rotatable bonds is 3. The van der Waals surface area contributed by atoms with Crippen LogP contribution in [0.25, 0.3) is 0 Å². The molecule has 0 amide bonds. The molecule has 0 spiro atoms. The highest BCUT2D eigenvalue weighted by molar-refractivity contribution is 5.98. The first kappa shape index (κ1) is 10.5. The summed E-state index contributed by atoms with van der Waals surface area (Å²) in [5.41, 5.74) is 1.58. The van der Waals surface area contributed by atoms with Gasteiger partial charge in [-0.2, -0.15) is 5.10 Å². The molecular weight excluding hydrogens is 204 g/mol. The van der Waals surface area contributed by atoms with Crippen LogP contribution in [-0.4, -0.2) is 25.5 Å². The second-order valence-corrected chi connectivity index (χ2v) is 3.59. The van der Waals surface area contributed by atoms with Gasteiger partial charge in [0.05, 0.1) is 6.42 Å². The van der Waals surface area contributed by atoms with Gasteiger partial charge in [0.15, 0.2) is 5.78 Å². The number of carbonyl (C=O) groups excluding carboxylic acids is 1. The zero-order chi connectivity index (χ0) is 11.5. The zero-order valence-electron chi connectivity index (χ0n) is 9.21. The molecule has 0 aliphatic carbocycles. The molecule has 2 rings (SSSR count). The van der Waals surface area contributed by atoms with Crippen LogP contribution in [0.1, 0.15) is 21.7 Å². The van der Waals surface area contributed by atoms with Crippen molar-refractivity contribution in [3.05, 3.63) is 41.7 Å². The largest absolute Gasteiger partial charge is 0.294 e. The van der Waals surface area contributed by atoms with Crippen LogP contribution in [0.4, 0.5) is 0 Å². The zero-order valence-corrected chi connectivity index (χ0v) is 9.21. The number of carbonyl (C=O) groups is 1. The second-order valence-electron chi connectivity index (χ2n) is 3.59. The quantitative estimate of drug-likeness (QED) is 0.716. The minimum Gasteiger partial charge on any atom is -0.294 e. The van der Waals surface area contributed by atoms with Crippen molar-refractivity contribution in [3.8, 4) is 0 Å². The molecule has 2 heterocycles. The highest BCUT2D eigenvalue weighted by Gasteiger charge is 2.12. The van der Waals surface area contributed by atoms with Crippen molar-refractivity contribution in [2.24, 2.45) is 7.05 Å². The van der Waals surface area contributed by atoms with Crippen LogP contribution >= 0.6 is 0 Å². The Morgan fingerprint density at radius 3 is 2.94 bits per heavy atom. The van der Waals surface area contributed by atoms with Gasteiger partial charge in [0, 0.05) is 25.0 Å². The third kappa shape index (κ3) is 1.98. The molecule has 2 aromatic heterocycles. The van der Waals surface area contributed by atoms with Crippen LogP contribution < -0.4 is 0 Å². The maximum absolute atomic E-state index is 12.0. The van der Waals surface area contributed by atoms with E-state index < -0.39 is 0 Å². The van der Waals surface area contributed by atoms with E-state index in [0.717, 1.165) is 5.56 Å². The fourth-order valence-corrected chi connectivity index (χ4v) is 1.47. The molecule has 0 N–H and O–H groups in total. The first-order valence-corrected chi connectivity index (χ1v) is 4.95. The van der Waals surface area contributed by atoms with Crippen molar-refractivity contribution in [2.75, 3.05) is 0 Å². The highest BCUT2D eigenvalue weighted by Crippen LogP contribution is 2.08. The average Bonchev–Trinajstić information content (AvgIpc) is 2.65. The monoisotopic (exact) mass is 216 g/mol. The number of ketones is 1. The lowest BCUT2D eigenvalue weighted by Crippen LogP contribution is -2.10. The predicted molar refractivity (Wildman–Crippen MR) is 58.0 cm³/mol. The summed E-state index contributed by atoms with van der Waals surface area (Å²) in [6, 6.07) is 1.82. The molecule has 82 valence electrons. The van der Waals surface area contributed by atoms with Crippen LogP contribution in [-0.2, 0) is 13.5 Å². The van der Waals surface area contributed by atoms with Crippen molar-refractivity contribution in [1.82, 2.24) is 19.7 Å². The summed E-state index contributed by atoms with van der Waals surface area (Å²) in [5, 5.41) is 3.92.